The zero-order valence-electron chi connectivity index (χ0n) is 26.3. The molecule has 7 heteroatoms. The number of carbonyl (C=O) groups excluding carboxylic acids is 3. The van der Waals surface area contributed by atoms with Crippen molar-refractivity contribution in [3.05, 3.63) is 101 Å². The summed E-state index contributed by atoms with van der Waals surface area (Å²) in [5.74, 6) is -0.680. The first-order valence-corrected chi connectivity index (χ1v) is 14.5. The average molecular weight is 583 g/mol. The Balaban J connectivity index is -0.000000500. The van der Waals surface area contributed by atoms with Gasteiger partial charge in [-0.15, -0.1) is 11.3 Å². The fourth-order valence-corrected chi connectivity index (χ4v) is 3.43. The smallest absolute Gasteiger partial charge is 0.284 e. The summed E-state index contributed by atoms with van der Waals surface area (Å²) in [6, 6.07) is 17.3. The summed E-state index contributed by atoms with van der Waals surface area (Å²) in [6.45, 7) is 21.1. The van der Waals surface area contributed by atoms with Crippen LogP contribution < -0.4 is 10.8 Å². The van der Waals surface area contributed by atoms with Gasteiger partial charge in [-0.2, -0.15) is 0 Å². The molecular formula is C34H50N2O4S. The maximum atomic E-state index is 11.2. The van der Waals surface area contributed by atoms with E-state index in [0.29, 0.717) is 17.0 Å². The van der Waals surface area contributed by atoms with Gasteiger partial charge in [-0.1, -0.05) is 100 Å². The Morgan fingerprint density at radius 2 is 1.56 bits per heavy atom. The number of amides is 2. The van der Waals surface area contributed by atoms with Gasteiger partial charge in [0.25, 0.3) is 5.91 Å². The van der Waals surface area contributed by atoms with Crippen molar-refractivity contribution in [1.29, 1.82) is 0 Å². The van der Waals surface area contributed by atoms with Crippen LogP contribution in [0.3, 0.4) is 0 Å². The molecule has 0 saturated heterocycles. The zero-order chi connectivity index (χ0) is 32.1. The van der Waals surface area contributed by atoms with Gasteiger partial charge in [0.05, 0.1) is 4.88 Å². The molecule has 0 radical (unpaired) electrons. The average Bonchev–Trinajstić information content (AvgIpc) is 3.39. The lowest BCUT2D eigenvalue weighted by Gasteiger charge is -2.00. The van der Waals surface area contributed by atoms with Crippen molar-refractivity contribution >= 4 is 45.2 Å². The molecule has 3 N–H and O–H groups in total. The van der Waals surface area contributed by atoms with Gasteiger partial charge in [-0.25, -0.2) is 5.48 Å². The van der Waals surface area contributed by atoms with E-state index in [-0.39, 0.29) is 5.91 Å². The number of benzene rings is 2. The Kier molecular flexibility index (Phi) is 29.7. The number of nitrogens with one attached hydrogen (secondary N) is 2. The number of fused-ring (bicyclic) bond motifs is 1. The fraction of sp³-hybridized carbons (Fsp3) is 0.324. The molecule has 3 rings (SSSR count). The van der Waals surface area contributed by atoms with Crippen molar-refractivity contribution in [2.75, 3.05) is 5.32 Å². The van der Waals surface area contributed by atoms with Crippen molar-refractivity contribution < 1.29 is 19.6 Å². The lowest BCUT2D eigenvalue weighted by molar-refractivity contribution is -0.114. The lowest BCUT2D eigenvalue weighted by atomic mass is 10.2. The maximum Gasteiger partial charge on any atom is 0.284 e. The van der Waals surface area contributed by atoms with Gasteiger partial charge >= 0.3 is 0 Å². The molecule has 226 valence electrons. The molecule has 0 atom stereocenters. The molecule has 0 aliphatic heterocycles. The van der Waals surface area contributed by atoms with Crippen LogP contribution in [0.5, 0.6) is 0 Å². The minimum absolute atomic E-state index is 0.145. The SMILES string of the molecule is C/C=C\CC.C=CC=C(C)C.CC.CC(=O)Nc1ccc2sc(C(=O)NO)cc2c1.CCC=O.Cc1ccccc1. The molecule has 3 aromatic rings. The standard InChI is InChI=1S/C11H10N2O3S.C7H8.C6H10.C5H10.C3H6O.C2H6/c1-6(14)12-8-2-3-9-7(4-8)5-10(17-9)11(15)13-16;1-7-5-3-2-4-6-7;1-4-5-6(2)3;1-3-5-4-2;1-2-3-4;1-2/h2-5,16H,1H3,(H,12,14)(H,13,15);2-6H,1H3;4-5H,1H2,2-3H3;3,5H,4H2,1-2H3;3H,2H2,1H3;1-2H3/b;;;5-3-;;. The summed E-state index contributed by atoms with van der Waals surface area (Å²) in [6.07, 6.45) is 10.6. The predicted molar refractivity (Wildman–Crippen MR) is 179 cm³/mol. The summed E-state index contributed by atoms with van der Waals surface area (Å²) >= 11 is 1.27. The minimum Gasteiger partial charge on any atom is -0.326 e. The van der Waals surface area contributed by atoms with Crippen molar-refractivity contribution in [1.82, 2.24) is 5.48 Å². The van der Waals surface area contributed by atoms with E-state index in [1.165, 1.54) is 29.4 Å². The van der Waals surface area contributed by atoms with Crippen LogP contribution in [0.2, 0.25) is 0 Å². The Morgan fingerprint density at radius 3 is 1.88 bits per heavy atom. The second-order valence-corrected chi connectivity index (χ2v) is 9.26. The molecule has 0 aliphatic rings. The molecule has 6 nitrogen and oxygen atoms in total. The topological polar surface area (TPSA) is 95.5 Å². The van der Waals surface area contributed by atoms with Gasteiger partial charge in [-0.3, -0.25) is 14.8 Å². The minimum atomic E-state index is -0.535. The van der Waals surface area contributed by atoms with Crippen LogP contribution >= 0.6 is 11.3 Å². The van der Waals surface area contributed by atoms with Gasteiger partial charge in [0.1, 0.15) is 6.29 Å². The number of carbonyl (C=O) groups is 3. The third-order valence-corrected chi connectivity index (χ3v) is 5.31. The lowest BCUT2D eigenvalue weighted by Crippen LogP contribution is -2.16. The molecule has 2 aromatic carbocycles. The highest BCUT2D eigenvalue weighted by molar-refractivity contribution is 7.20. The summed E-state index contributed by atoms with van der Waals surface area (Å²) in [5.41, 5.74) is 4.89. The number of aldehydes is 1. The molecule has 41 heavy (non-hydrogen) atoms. The second-order valence-electron chi connectivity index (χ2n) is 8.17. The molecule has 1 aromatic heterocycles. The number of hydrogen-bond acceptors (Lipinski definition) is 5. The summed E-state index contributed by atoms with van der Waals surface area (Å²) in [7, 11) is 0. The normalized spacial score (nSPS) is 8.73. The summed E-state index contributed by atoms with van der Waals surface area (Å²) in [4.78, 5) is 31.7. The Morgan fingerprint density at radius 1 is 0.976 bits per heavy atom. The van der Waals surface area contributed by atoms with Gasteiger partial charge in [0, 0.05) is 23.7 Å². The highest BCUT2D eigenvalue weighted by atomic mass is 32.1. The molecular weight excluding hydrogens is 532 g/mol. The molecule has 2 amide bonds. The van der Waals surface area contributed by atoms with Gasteiger partial charge in [0.15, 0.2) is 0 Å². The first-order chi connectivity index (χ1) is 19.6. The molecule has 0 spiro atoms. The van der Waals surface area contributed by atoms with Crippen LogP contribution in [0.15, 0.2) is 91.1 Å². The van der Waals surface area contributed by atoms with Gasteiger partial charge in [0.2, 0.25) is 5.91 Å². The molecule has 0 unspecified atom stereocenters. The van der Waals surface area contributed by atoms with Crippen LogP contribution in [-0.4, -0.2) is 23.3 Å². The van der Waals surface area contributed by atoms with E-state index in [1.54, 1.807) is 29.8 Å². The third-order valence-electron chi connectivity index (χ3n) is 4.19. The van der Waals surface area contributed by atoms with E-state index in [0.717, 1.165) is 22.8 Å². The third kappa shape index (κ3) is 24.9. The molecule has 0 aliphatic carbocycles. The number of hydroxylamine groups is 1. The maximum absolute atomic E-state index is 11.2. The van der Waals surface area contributed by atoms with E-state index in [9.17, 15) is 14.4 Å². The van der Waals surface area contributed by atoms with Crippen molar-refractivity contribution in [2.45, 2.75) is 75.2 Å². The molecule has 0 bridgehead atoms. The quantitative estimate of drug-likeness (QED) is 0.0917. The first kappa shape index (κ1) is 41.7. The monoisotopic (exact) mass is 582 g/mol. The van der Waals surface area contributed by atoms with Crippen LogP contribution in [0.25, 0.3) is 10.1 Å². The molecule has 1 heterocycles. The number of aryl methyl sites for hydroxylation is 1. The number of thiophene rings is 1. The highest BCUT2D eigenvalue weighted by Crippen LogP contribution is 2.28. The highest BCUT2D eigenvalue weighted by Gasteiger charge is 2.09. The number of rotatable bonds is 5. The molecule has 0 fully saturated rings. The second kappa shape index (κ2) is 29.2. The van der Waals surface area contributed by atoms with Crippen molar-refractivity contribution in [3.8, 4) is 0 Å². The van der Waals surface area contributed by atoms with E-state index in [4.69, 9.17) is 5.21 Å². The largest absolute Gasteiger partial charge is 0.326 e. The summed E-state index contributed by atoms with van der Waals surface area (Å²) < 4.78 is 0.915. The van der Waals surface area contributed by atoms with E-state index in [1.807, 2.05) is 71.9 Å². The zero-order valence-corrected chi connectivity index (χ0v) is 27.1. The Labute approximate surface area is 251 Å². The van der Waals surface area contributed by atoms with Gasteiger partial charge < -0.3 is 10.1 Å². The first-order valence-electron chi connectivity index (χ1n) is 13.7. The van der Waals surface area contributed by atoms with E-state index in [2.05, 4.69) is 50.0 Å². The summed E-state index contributed by atoms with van der Waals surface area (Å²) in [5, 5.41) is 12.0. The van der Waals surface area contributed by atoms with Crippen molar-refractivity contribution in [3.63, 3.8) is 0 Å². The predicted octanol–water partition coefficient (Wildman–Crippen LogP) is 9.71. The van der Waals surface area contributed by atoms with Crippen LogP contribution in [-0.2, 0) is 9.59 Å². The van der Waals surface area contributed by atoms with E-state index < -0.39 is 5.91 Å². The van der Waals surface area contributed by atoms with E-state index >= 15 is 0 Å². The van der Waals surface area contributed by atoms with Crippen molar-refractivity contribution in [2.24, 2.45) is 0 Å². The van der Waals surface area contributed by atoms with Crippen LogP contribution in [0.4, 0.5) is 5.69 Å². The molecule has 0 saturated carbocycles. The van der Waals surface area contributed by atoms with Crippen LogP contribution in [0.1, 0.15) is 83.5 Å². The van der Waals surface area contributed by atoms with Crippen LogP contribution in [0, 0.1) is 6.92 Å². The Hall–Kier alpha value is -3.81. The fourth-order valence-electron chi connectivity index (χ4n) is 2.50. The number of anilines is 1. The van der Waals surface area contributed by atoms with Gasteiger partial charge in [-0.05, 0) is 63.8 Å². The number of allylic oxidation sites excluding steroid dienone is 5. The number of hydrogen-bond donors (Lipinski definition) is 3. The Bertz CT molecular complexity index is 1160.